The molecule has 1 fully saturated rings. The quantitative estimate of drug-likeness (QED) is 0.892. The normalized spacial score (nSPS) is 19.4. The molecule has 0 bridgehead atoms. The van der Waals surface area contributed by atoms with Crippen LogP contribution in [-0.2, 0) is 4.74 Å². The summed E-state index contributed by atoms with van der Waals surface area (Å²) in [6.07, 6.45) is -0.214. The van der Waals surface area contributed by atoms with Crippen molar-refractivity contribution in [2.75, 3.05) is 32.8 Å². The van der Waals surface area contributed by atoms with E-state index < -0.39 is 0 Å². The maximum atomic E-state index is 12.0. The zero-order valence-electron chi connectivity index (χ0n) is 16.4. The van der Waals surface area contributed by atoms with Crippen LogP contribution in [0.5, 0.6) is 0 Å². The Bertz CT molecular complexity index is 870. The van der Waals surface area contributed by atoms with Gasteiger partial charge in [0.25, 0.3) is 0 Å². The van der Waals surface area contributed by atoms with E-state index in [0.29, 0.717) is 19.7 Å². The van der Waals surface area contributed by atoms with Crippen molar-refractivity contribution in [2.45, 2.75) is 20.0 Å². The van der Waals surface area contributed by atoms with Crippen molar-refractivity contribution in [2.24, 2.45) is 5.10 Å². The lowest BCUT2D eigenvalue weighted by molar-refractivity contribution is 0.0585. The molecule has 0 radical (unpaired) electrons. The van der Waals surface area contributed by atoms with Gasteiger partial charge in [0.15, 0.2) is 0 Å². The van der Waals surface area contributed by atoms with Crippen LogP contribution in [0.2, 0.25) is 0 Å². The summed E-state index contributed by atoms with van der Waals surface area (Å²) >= 11 is 0. The number of hydrazone groups is 1. The largest absolute Gasteiger partial charge is 0.450 e. The topological polar surface area (TPSA) is 57.2 Å². The number of benzene rings is 2. The molecule has 0 aromatic heterocycles. The second-order valence-electron chi connectivity index (χ2n) is 7.17. The summed E-state index contributed by atoms with van der Waals surface area (Å²) in [6.45, 7) is 7.21. The highest BCUT2D eigenvalue weighted by Gasteiger charge is 2.31. The molecule has 1 N–H and O–H groups in total. The maximum absolute atomic E-state index is 12.0. The molecule has 1 amide bonds. The fourth-order valence-corrected chi connectivity index (χ4v) is 3.79. The molecule has 0 aliphatic carbocycles. The van der Waals surface area contributed by atoms with Crippen LogP contribution < -0.4 is 5.43 Å². The first-order chi connectivity index (χ1) is 13.7. The number of ether oxygens (including phenoxy) is 1. The Morgan fingerprint density at radius 1 is 1.11 bits per heavy atom. The minimum atomic E-state index is -0.223. The third-order valence-corrected chi connectivity index (χ3v) is 5.34. The number of amides is 1. The van der Waals surface area contributed by atoms with Gasteiger partial charge in [-0.2, -0.15) is 5.10 Å². The van der Waals surface area contributed by atoms with Crippen molar-refractivity contribution in [1.29, 1.82) is 0 Å². The molecule has 2 aromatic rings. The molecule has 6 nitrogen and oxygen atoms in total. The predicted octanol–water partition coefficient (Wildman–Crippen LogP) is 3.12. The van der Waals surface area contributed by atoms with Crippen molar-refractivity contribution >= 4 is 11.8 Å². The molecule has 0 saturated carbocycles. The van der Waals surface area contributed by atoms with E-state index in [4.69, 9.17) is 9.84 Å². The van der Waals surface area contributed by atoms with Gasteiger partial charge < -0.3 is 9.64 Å². The summed E-state index contributed by atoms with van der Waals surface area (Å²) in [7, 11) is 0. The first-order valence-electron chi connectivity index (χ1n) is 9.82. The summed E-state index contributed by atoms with van der Waals surface area (Å²) < 4.78 is 5.12. The van der Waals surface area contributed by atoms with Crippen molar-refractivity contribution in [1.82, 2.24) is 15.2 Å². The van der Waals surface area contributed by atoms with E-state index in [9.17, 15) is 4.79 Å². The zero-order valence-corrected chi connectivity index (χ0v) is 16.4. The molecule has 0 spiro atoms. The minimum absolute atomic E-state index is 0.00902. The van der Waals surface area contributed by atoms with Gasteiger partial charge in [-0.15, -0.1) is 0 Å². The standard InChI is InChI=1S/C22H26N4O2/c1-3-28-22(27)26-14-12-25(13-15-26)21-19-7-5-4-6-18(19)20(23-24-21)17-10-8-16(2)9-11-17/h4-11,21,24H,3,12-15H2,1-2H3. The van der Waals surface area contributed by atoms with E-state index >= 15 is 0 Å². The number of hydrogen-bond acceptors (Lipinski definition) is 5. The summed E-state index contributed by atoms with van der Waals surface area (Å²) in [6, 6.07) is 16.9. The molecule has 4 rings (SSSR count). The van der Waals surface area contributed by atoms with E-state index in [1.807, 2.05) is 6.92 Å². The SMILES string of the molecule is CCOC(=O)N1CCN(C2NN=C(c3ccc(C)cc3)c3ccccc32)CC1. The van der Waals surface area contributed by atoms with Gasteiger partial charge in [0.2, 0.25) is 0 Å². The summed E-state index contributed by atoms with van der Waals surface area (Å²) in [5.41, 5.74) is 9.04. The number of aryl methyl sites for hydroxylation is 1. The van der Waals surface area contributed by atoms with Gasteiger partial charge in [0.05, 0.1) is 12.3 Å². The van der Waals surface area contributed by atoms with Crippen molar-refractivity contribution in [3.63, 3.8) is 0 Å². The lowest BCUT2D eigenvalue weighted by Crippen LogP contribution is -2.52. The number of fused-ring (bicyclic) bond motifs is 1. The third-order valence-electron chi connectivity index (χ3n) is 5.34. The average Bonchev–Trinajstić information content (AvgIpc) is 2.74. The van der Waals surface area contributed by atoms with Crippen LogP contribution in [0.4, 0.5) is 4.79 Å². The van der Waals surface area contributed by atoms with Crippen LogP contribution in [0, 0.1) is 6.92 Å². The molecule has 146 valence electrons. The Balaban J connectivity index is 1.54. The van der Waals surface area contributed by atoms with Crippen LogP contribution in [0.25, 0.3) is 0 Å². The number of hydrogen-bond donors (Lipinski definition) is 1. The number of piperazine rings is 1. The highest BCUT2D eigenvalue weighted by molar-refractivity contribution is 6.14. The van der Waals surface area contributed by atoms with Gasteiger partial charge in [-0.25, -0.2) is 4.79 Å². The van der Waals surface area contributed by atoms with E-state index in [0.717, 1.165) is 29.9 Å². The van der Waals surface area contributed by atoms with E-state index in [2.05, 4.69) is 65.8 Å². The van der Waals surface area contributed by atoms with Crippen LogP contribution in [0.3, 0.4) is 0 Å². The van der Waals surface area contributed by atoms with Gasteiger partial charge in [0, 0.05) is 37.3 Å². The number of nitrogens with zero attached hydrogens (tertiary/aromatic N) is 3. The molecule has 2 aliphatic heterocycles. The Morgan fingerprint density at radius 2 is 1.82 bits per heavy atom. The summed E-state index contributed by atoms with van der Waals surface area (Å²) in [5.74, 6) is 0. The molecular formula is C22H26N4O2. The first-order valence-corrected chi connectivity index (χ1v) is 9.82. The monoisotopic (exact) mass is 378 g/mol. The number of nitrogens with one attached hydrogen (secondary N) is 1. The number of rotatable bonds is 3. The van der Waals surface area contributed by atoms with E-state index in [-0.39, 0.29) is 12.3 Å². The van der Waals surface area contributed by atoms with Crippen LogP contribution in [0.1, 0.15) is 35.3 Å². The lowest BCUT2D eigenvalue weighted by Gasteiger charge is -2.40. The Labute approximate surface area is 165 Å². The van der Waals surface area contributed by atoms with Crippen molar-refractivity contribution in [3.05, 3.63) is 70.8 Å². The first kappa shape index (κ1) is 18.5. The smallest absolute Gasteiger partial charge is 0.409 e. The van der Waals surface area contributed by atoms with Crippen LogP contribution in [-0.4, -0.2) is 54.4 Å². The molecule has 6 heteroatoms. The Kier molecular flexibility index (Phi) is 5.30. The second-order valence-corrected chi connectivity index (χ2v) is 7.17. The summed E-state index contributed by atoms with van der Waals surface area (Å²) in [5, 5.41) is 4.73. The van der Waals surface area contributed by atoms with Gasteiger partial charge >= 0.3 is 6.09 Å². The van der Waals surface area contributed by atoms with Gasteiger partial charge in [-0.05, 0) is 19.4 Å². The zero-order chi connectivity index (χ0) is 19.5. The molecule has 2 aromatic carbocycles. The van der Waals surface area contributed by atoms with Crippen molar-refractivity contribution in [3.8, 4) is 0 Å². The Morgan fingerprint density at radius 3 is 2.54 bits per heavy atom. The lowest BCUT2D eigenvalue weighted by atomic mass is 9.94. The summed E-state index contributed by atoms with van der Waals surface area (Å²) in [4.78, 5) is 16.1. The van der Waals surface area contributed by atoms with Crippen molar-refractivity contribution < 1.29 is 9.53 Å². The van der Waals surface area contributed by atoms with E-state index in [1.54, 1.807) is 4.90 Å². The third kappa shape index (κ3) is 3.60. The molecule has 1 unspecified atom stereocenters. The molecule has 2 heterocycles. The predicted molar refractivity (Wildman–Crippen MR) is 109 cm³/mol. The van der Waals surface area contributed by atoms with Crippen LogP contribution in [0.15, 0.2) is 53.6 Å². The molecule has 1 atom stereocenters. The molecular weight excluding hydrogens is 352 g/mol. The average molecular weight is 378 g/mol. The number of carbonyl (C=O) groups excluding carboxylic acids is 1. The van der Waals surface area contributed by atoms with Gasteiger partial charge in [-0.3, -0.25) is 10.3 Å². The highest BCUT2D eigenvalue weighted by Crippen LogP contribution is 2.29. The van der Waals surface area contributed by atoms with Crippen LogP contribution >= 0.6 is 0 Å². The van der Waals surface area contributed by atoms with E-state index in [1.165, 1.54) is 11.1 Å². The maximum Gasteiger partial charge on any atom is 0.409 e. The molecule has 1 saturated heterocycles. The fraction of sp³-hybridized carbons (Fsp3) is 0.364. The van der Waals surface area contributed by atoms with Gasteiger partial charge in [0.1, 0.15) is 6.17 Å². The molecule has 28 heavy (non-hydrogen) atoms. The molecule has 2 aliphatic rings. The minimum Gasteiger partial charge on any atom is -0.450 e. The number of carbonyl (C=O) groups is 1. The van der Waals surface area contributed by atoms with Gasteiger partial charge in [-0.1, -0.05) is 54.1 Å². The second kappa shape index (κ2) is 8.02. The highest BCUT2D eigenvalue weighted by atomic mass is 16.6. The fourth-order valence-electron chi connectivity index (χ4n) is 3.79. The Hall–Kier alpha value is -2.86.